The van der Waals surface area contributed by atoms with Crippen LogP contribution < -0.4 is 16.0 Å². The quantitative estimate of drug-likeness (QED) is 0.505. The van der Waals surface area contributed by atoms with E-state index >= 15 is 0 Å². The molecule has 1 amide bonds. The highest BCUT2D eigenvalue weighted by atomic mass is 79.9. The molecule has 0 spiro atoms. The maximum atomic E-state index is 11.6. The van der Waals surface area contributed by atoms with Gasteiger partial charge in [-0.15, -0.1) is 0 Å². The summed E-state index contributed by atoms with van der Waals surface area (Å²) in [4.78, 5) is 11.6. The van der Waals surface area contributed by atoms with Crippen molar-refractivity contribution in [2.75, 3.05) is 0 Å². The lowest BCUT2D eigenvalue weighted by molar-refractivity contribution is -0.129. The van der Waals surface area contributed by atoms with Gasteiger partial charge < -0.3 is 4.74 Å². The highest BCUT2D eigenvalue weighted by Crippen LogP contribution is 2.33. The molecule has 0 aliphatic rings. The number of hydrogen-bond donors (Lipinski definition) is 2. The molecule has 0 fully saturated rings. The molecule has 1 aromatic carbocycles. The number of hydrogen-bond acceptors (Lipinski definition) is 3. The predicted octanol–water partition coefficient (Wildman–Crippen LogP) is 2.80. The highest BCUT2D eigenvalue weighted by molar-refractivity contribution is 9.10. The lowest BCUT2D eigenvalue weighted by Gasteiger charge is -2.22. The molecule has 1 rings (SSSR count). The van der Waals surface area contributed by atoms with Crippen LogP contribution in [0.25, 0.3) is 0 Å². The predicted molar refractivity (Wildman–Crippen MR) is 75.5 cm³/mol. The molecule has 0 radical (unpaired) electrons. The van der Waals surface area contributed by atoms with Gasteiger partial charge in [0, 0.05) is 4.47 Å². The standard InChI is InChI=1S/C12H16BrClN2O2/c1-6(2)10(12(17)16-15)18-11-7(3)4-8(13)5-9(11)14/h4-6,10H,15H2,1-3H3,(H,16,17). The Kier molecular flexibility index (Phi) is 5.44. The molecule has 100 valence electrons. The van der Waals surface area contributed by atoms with Crippen molar-refractivity contribution in [2.45, 2.75) is 26.9 Å². The number of carbonyl (C=O) groups excluding carboxylic acids is 1. The largest absolute Gasteiger partial charge is 0.478 e. The van der Waals surface area contributed by atoms with Crippen molar-refractivity contribution in [3.05, 3.63) is 27.2 Å². The molecule has 0 saturated heterocycles. The van der Waals surface area contributed by atoms with Crippen molar-refractivity contribution in [2.24, 2.45) is 11.8 Å². The second-order valence-electron chi connectivity index (χ2n) is 4.32. The molecular weight excluding hydrogens is 320 g/mol. The van der Waals surface area contributed by atoms with Crippen LogP contribution in [0.3, 0.4) is 0 Å². The van der Waals surface area contributed by atoms with Gasteiger partial charge in [0.05, 0.1) is 5.02 Å². The summed E-state index contributed by atoms with van der Waals surface area (Å²) in [5, 5.41) is 0.456. The zero-order valence-corrected chi connectivity index (χ0v) is 12.8. The number of nitrogens with two attached hydrogens (primary N) is 1. The summed E-state index contributed by atoms with van der Waals surface area (Å²) >= 11 is 9.46. The van der Waals surface area contributed by atoms with Crippen LogP contribution in [0.2, 0.25) is 5.02 Å². The third-order valence-corrected chi connectivity index (χ3v) is 3.18. The van der Waals surface area contributed by atoms with Gasteiger partial charge in [0.15, 0.2) is 6.10 Å². The number of benzene rings is 1. The van der Waals surface area contributed by atoms with E-state index in [9.17, 15) is 4.79 Å². The topological polar surface area (TPSA) is 64.3 Å². The lowest BCUT2D eigenvalue weighted by atomic mass is 10.1. The van der Waals surface area contributed by atoms with Gasteiger partial charge in [0.1, 0.15) is 5.75 Å². The number of hydrazine groups is 1. The van der Waals surface area contributed by atoms with E-state index in [1.54, 1.807) is 6.07 Å². The summed E-state index contributed by atoms with van der Waals surface area (Å²) in [6, 6.07) is 3.60. The fourth-order valence-electron chi connectivity index (χ4n) is 1.54. The summed E-state index contributed by atoms with van der Waals surface area (Å²) < 4.78 is 6.56. The first kappa shape index (κ1) is 15.3. The molecule has 1 aromatic rings. The minimum absolute atomic E-state index is 0.0207. The Morgan fingerprint density at radius 1 is 1.50 bits per heavy atom. The van der Waals surface area contributed by atoms with Crippen LogP contribution in [0.5, 0.6) is 5.75 Å². The smallest absolute Gasteiger partial charge is 0.275 e. The van der Waals surface area contributed by atoms with Crippen LogP contribution in [-0.2, 0) is 4.79 Å². The molecule has 0 saturated carbocycles. The number of ether oxygens (including phenoxy) is 1. The van der Waals surface area contributed by atoms with Gasteiger partial charge in [-0.25, -0.2) is 5.84 Å². The van der Waals surface area contributed by atoms with Crippen LogP contribution in [0.1, 0.15) is 19.4 Å². The van der Waals surface area contributed by atoms with E-state index in [4.69, 9.17) is 22.2 Å². The number of nitrogens with one attached hydrogen (secondary N) is 1. The summed E-state index contributed by atoms with van der Waals surface area (Å²) in [5.74, 6) is 5.25. The molecular formula is C12H16BrClN2O2. The maximum absolute atomic E-state index is 11.6. The number of amides is 1. The Labute approximate surface area is 120 Å². The summed E-state index contributed by atoms with van der Waals surface area (Å²) in [6.45, 7) is 5.62. The molecule has 18 heavy (non-hydrogen) atoms. The summed E-state index contributed by atoms with van der Waals surface area (Å²) in [5.41, 5.74) is 2.95. The molecule has 0 aliphatic heterocycles. The second kappa shape index (κ2) is 6.41. The minimum atomic E-state index is -0.674. The van der Waals surface area contributed by atoms with Crippen LogP contribution >= 0.6 is 27.5 Å². The Morgan fingerprint density at radius 2 is 2.11 bits per heavy atom. The van der Waals surface area contributed by atoms with Gasteiger partial charge in [0.2, 0.25) is 0 Å². The zero-order valence-electron chi connectivity index (χ0n) is 10.5. The van der Waals surface area contributed by atoms with Crippen LogP contribution in [0.4, 0.5) is 0 Å². The van der Waals surface area contributed by atoms with Crippen LogP contribution in [-0.4, -0.2) is 12.0 Å². The molecule has 1 unspecified atom stereocenters. The zero-order chi connectivity index (χ0) is 13.9. The molecule has 0 aromatic heterocycles. The van der Waals surface area contributed by atoms with Gasteiger partial charge in [-0.3, -0.25) is 10.2 Å². The van der Waals surface area contributed by atoms with Crippen molar-refractivity contribution >= 4 is 33.4 Å². The number of halogens is 2. The summed E-state index contributed by atoms with van der Waals surface area (Å²) in [7, 11) is 0. The van der Waals surface area contributed by atoms with E-state index in [0.29, 0.717) is 10.8 Å². The molecule has 0 heterocycles. The third-order valence-electron chi connectivity index (χ3n) is 2.45. The van der Waals surface area contributed by atoms with Gasteiger partial charge >= 0.3 is 0 Å². The SMILES string of the molecule is Cc1cc(Br)cc(Cl)c1OC(C(=O)NN)C(C)C. The third kappa shape index (κ3) is 3.60. The first-order valence-electron chi connectivity index (χ1n) is 5.49. The van der Waals surface area contributed by atoms with Crippen LogP contribution in [0.15, 0.2) is 16.6 Å². The molecule has 4 nitrogen and oxygen atoms in total. The molecule has 0 aliphatic carbocycles. The van der Waals surface area contributed by atoms with Crippen molar-refractivity contribution in [1.29, 1.82) is 0 Å². The Morgan fingerprint density at radius 3 is 2.56 bits per heavy atom. The monoisotopic (exact) mass is 334 g/mol. The van der Waals surface area contributed by atoms with Crippen molar-refractivity contribution in [3.8, 4) is 5.75 Å². The number of aryl methyl sites for hydroxylation is 1. The minimum Gasteiger partial charge on any atom is -0.478 e. The number of carbonyl (C=O) groups is 1. The second-order valence-corrected chi connectivity index (χ2v) is 5.65. The van der Waals surface area contributed by atoms with E-state index < -0.39 is 6.10 Å². The average Bonchev–Trinajstić information content (AvgIpc) is 2.26. The van der Waals surface area contributed by atoms with Gasteiger partial charge in [-0.2, -0.15) is 0 Å². The normalized spacial score (nSPS) is 12.4. The van der Waals surface area contributed by atoms with Crippen molar-refractivity contribution < 1.29 is 9.53 Å². The van der Waals surface area contributed by atoms with Gasteiger partial charge in [0.25, 0.3) is 5.91 Å². The van der Waals surface area contributed by atoms with E-state index in [-0.39, 0.29) is 11.8 Å². The Bertz CT molecular complexity index is 429. The van der Waals surface area contributed by atoms with E-state index in [1.807, 2.05) is 26.8 Å². The Hall–Kier alpha value is -0.780. The molecule has 3 N–H and O–H groups in total. The average molecular weight is 336 g/mol. The van der Waals surface area contributed by atoms with Crippen molar-refractivity contribution in [3.63, 3.8) is 0 Å². The Balaban J connectivity index is 3.05. The lowest BCUT2D eigenvalue weighted by Crippen LogP contribution is -2.45. The first-order valence-corrected chi connectivity index (χ1v) is 6.66. The molecule has 6 heteroatoms. The molecule has 1 atom stereocenters. The fraction of sp³-hybridized carbons (Fsp3) is 0.417. The van der Waals surface area contributed by atoms with Crippen molar-refractivity contribution in [1.82, 2.24) is 5.43 Å². The summed E-state index contributed by atoms with van der Waals surface area (Å²) in [6.07, 6.45) is -0.674. The highest BCUT2D eigenvalue weighted by Gasteiger charge is 2.25. The first-order chi connectivity index (χ1) is 8.36. The van der Waals surface area contributed by atoms with E-state index in [1.165, 1.54) is 0 Å². The van der Waals surface area contributed by atoms with Gasteiger partial charge in [-0.1, -0.05) is 41.4 Å². The van der Waals surface area contributed by atoms with Gasteiger partial charge in [-0.05, 0) is 30.5 Å². The maximum Gasteiger partial charge on any atom is 0.275 e. The van der Waals surface area contributed by atoms with E-state index in [0.717, 1.165) is 10.0 Å². The van der Waals surface area contributed by atoms with E-state index in [2.05, 4.69) is 21.4 Å². The van der Waals surface area contributed by atoms with Crippen LogP contribution in [0, 0.1) is 12.8 Å². The fourth-order valence-corrected chi connectivity index (χ4v) is 2.55. The molecule has 0 bridgehead atoms. The number of rotatable bonds is 4.